The summed E-state index contributed by atoms with van der Waals surface area (Å²) in [6.07, 6.45) is 3.05. The third kappa shape index (κ3) is 7.43. The van der Waals surface area contributed by atoms with Crippen molar-refractivity contribution in [2.75, 3.05) is 60.7 Å². The van der Waals surface area contributed by atoms with Crippen molar-refractivity contribution in [2.24, 2.45) is 4.99 Å². The molecule has 0 saturated carbocycles. The average Bonchev–Trinajstić information content (AvgIpc) is 2.50. The van der Waals surface area contributed by atoms with Crippen molar-refractivity contribution in [3.05, 3.63) is 0 Å². The van der Waals surface area contributed by atoms with Crippen molar-refractivity contribution in [2.45, 2.75) is 31.7 Å². The molecule has 1 rings (SSSR count). The van der Waals surface area contributed by atoms with E-state index in [0.29, 0.717) is 0 Å². The Morgan fingerprint density at radius 1 is 1.27 bits per heavy atom. The molecule has 0 aromatic rings. The van der Waals surface area contributed by atoms with Gasteiger partial charge in [0.2, 0.25) is 0 Å². The van der Waals surface area contributed by atoms with Gasteiger partial charge in [-0.3, -0.25) is 4.99 Å². The largest absolute Gasteiger partial charge is 0.385 e. The van der Waals surface area contributed by atoms with Gasteiger partial charge in [0.1, 0.15) is 0 Å². The number of likely N-dealkylation sites (N-methyl/N-ethyl adjacent to an activating group) is 1. The highest BCUT2D eigenvalue weighted by molar-refractivity contribution is 14.0. The Labute approximate surface area is 152 Å². The van der Waals surface area contributed by atoms with Crippen LogP contribution in [-0.2, 0) is 9.47 Å². The summed E-state index contributed by atoms with van der Waals surface area (Å²) in [5.74, 6) is 0.890. The minimum absolute atomic E-state index is 0. The molecule has 7 heteroatoms. The number of guanidine groups is 1. The molecule has 1 heterocycles. The number of methoxy groups -OCH3 is 1. The monoisotopic (exact) mass is 428 g/mol. The Morgan fingerprint density at radius 2 is 1.95 bits per heavy atom. The predicted octanol–water partition coefficient (Wildman–Crippen LogP) is 1.31. The van der Waals surface area contributed by atoms with E-state index in [4.69, 9.17) is 14.5 Å². The highest BCUT2D eigenvalue weighted by Crippen LogP contribution is 2.26. The summed E-state index contributed by atoms with van der Waals surface area (Å²) in [6.45, 7) is 7.04. The van der Waals surface area contributed by atoms with Crippen LogP contribution in [-0.4, -0.2) is 77.1 Å². The van der Waals surface area contributed by atoms with Gasteiger partial charge in [-0.05, 0) is 40.3 Å². The van der Waals surface area contributed by atoms with Gasteiger partial charge in [-0.2, -0.15) is 0 Å². The number of aliphatic imine (C=N–C) groups is 1. The smallest absolute Gasteiger partial charge is 0.191 e. The van der Waals surface area contributed by atoms with Crippen LogP contribution in [0.2, 0.25) is 0 Å². The van der Waals surface area contributed by atoms with E-state index in [-0.39, 0.29) is 29.5 Å². The van der Waals surface area contributed by atoms with E-state index in [2.05, 4.69) is 36.6 Å². The van der Waals surface area contributed by atoms with Crippen molar-refractivity contribution in [3.8, 4) is 0 Å². The lowest BCUT2D eigenvalue weighted by Crippen LogP contribution is -2.51. The third-order valence-corrected chi connectivity index (χ3v) is 4.07. The first-order valence-electron chi connectivity index (χ1n) is 7.91. The number of halogens is 1. The highest BCUT2D eigenvalue weighted by atomic mass is 127. The summed E-state index contributed by atoms with van der Waals surface area (Å²) in [6, 6.07) is 0. The van der Waals surface area contributed by atoms with E-state index in [9.17, 15) is 0 Å². The molecule has 0 aliphatic carbocycles. The molecule has 132 valence electrons. The number of hydrogen-bond donors (Lipinski definition) is 2. The number of rotatable bonds is 8. The first-order chi connectivity index (χ1) is 10.1. The molecule has 0 atom stereocenters. The van der Waals surface area contributed by atoms with Gasteiger partial charge in [-0.15, -0.1) is 24.0 Å². The Hall–Kier alpha value is -0.120. The van der Waals surface area contributed by atoms with Gasteiger partial charge in [-0.1, -0.05) is 0 Å². The van der Waals surface area contributed by atoms with Gasteiger partial charge in [0.05, 0.1) is 6.54 Å². The van der Waals surface area contributed by atoms with Crippen LogP contribution in [0.4, 0.5) is 0 Å². The topological polar surface area (TPSA) is 58.1 Å². The van der Waals surface area contributed by atoms with Crippen molar-refractivity contribution < 1.29 is 9.47 Å². The van der Waals surface area contributed by atoms with Gasteiger partial charge in [0, 0.05) is 45.6 Å². The van der Waals surface area contributed by atoms with Crippen LogP contribution in [0.1, 0.15) is 26.2 Å². The Bertz CT molecular complexity index is 308. The van der Waals surface area contributed by atoms with Crippen LogP contribution >= 0.6 is 24.0 Å². The zero-order valence-corrected chi connectivity index (χ0v) is 16.8. The quantitative estimate of drug-likeness (QED) is 0.264. The number of ether oxygens (including phenoxy) is 2. The molecule has 0 bridgehead atoms. The number of hydrogen-bond acceptors (Lipinski definition) is 4. The maximum Gasteiger partial charge on any atom is 0.191 e. The minimum Gasteiger partial charge on any atom is -0.385 e. The zero-order chi connectivity index (χ0) is 15.6. The molecule has 1 saturated heterocycles. The van der Waals surface area contributed by atoms with Crippen molar-refractivity contribution >= 4 is 29.9 Å². The Balaban J connectivity index is 0.00000441. The number of nitrogens with zero attached hydrogens (tertiary/aromatic N) is 2. The summed E-state index contributed by atoms with van der Waals surface area (Å²) in [4.78, 5) is 7.08. The maximum absolute atomic E-state index is 5.50. The third-order valence-electron chi connectivity index (χ3n) is 4.07. The summed E-state index contributed by atoms with van der Waals surface area (Å²) >= 11 is 0. The first-order valence-corrected chi connectivity index (χ1v) is 7.91. The summed E-state index contributed by atoms with van der Waals surface area (Å²) in [5.41, 5.74) is 0.118. The summed E-state index contributed by atoms with van der Waals surface area (Å²) in [7, 11) is 6.00. The molecule has 1 fully saturated rings. The van der Waals surface area contributed by atoms with E-state index >= 15 is 0 Å². The molecular formula is C15H33IN4O2. The molecule has 0 spiro atoms. The van der Waals surface area contributed by atoms with Gasteiger partial charge in [0.15, 0.2) is 5.96 Å². The normalized spacial score (nSPS) is 18.0. The second-order valence-corrected chi connectivity index (χ2v) is 5.70. The van der Waals surface area contributed by atoms with Crippen LogP contribution < -0.4 is 10.6 Å². The summed E-state index contributed by atoms with van der Waals surface area (Å²) in [5, 5.41) is 6.66. The summed E-state index contributed by atoms with van der Waals surface area (Å²) < 4.78 is 10.6. The molecule has 0 aromatic carbocycles. The second-order valence-electron chi connectivity index (χ2n) is 5.70. The Kier molecular flexibility index (Phi) is 12.3. The van der Waals surface area contributed by atoms with E-state index in [1.54, 1.807) is 7.11 Å². The standard InChI is InChI=1S/C15H32N4O2.HI/c1-5-16-14(17-9-6-10-20-4)18-13-15(19(2)3)7-11-21-12-8-15;/h5-13H2,1-4H3,(H2,16,17,18);1H. The SMILES string of the molecule is CCNC(=NCC1(N(C)C)CCOCC1)NCCCOC.I. The average molecular weight is 428 g/mol. The predicted molar refractivity (Wildman–Crippen MR) is 102 cm³/mol. The molecule has 0 unspecified atom stereocenters. The number of nitrogens with one attached hydrogen (secondary N) is 2. The van der Waals surface area contributed by atoms with E-state index in [1.807, 2.05) is 0 Å². The van der Waals surface area contributed by atoms with Crippen LogP contribution in [0.3, 0.4) is 0 Å². The van der Waals surface area contributed by atoms with E-state index in [1.165, 1.54) is 0 Å². The fourth-order valence-corrected chi connectivity index (χ4v) is 2.49. The molecule has 1 aliphatic rings. The fraction of sp³-hybridized carbons (Fsp3) is 0.933. The lowest BCUT2D eigenvalue weighted by atomic mass is 9.89. The minimum atomic E-state index is 0. The van der Waals surface area contributed by atoms with Gasteiger partial charge >= 0.3 is 0 Å². The van der Waals surface area contributed by atoms with E-state index in [0.717, 1.165) is 64.7 Å². The molecule has 0 amide bonds. The first kappa shape index (κ1) is 21.9. The van der Waals surface area contributed by atoms with Crippen molar-refractivity contribution in [1.82, 2.24) is 15.5 Å². The van der Waals surface area contributed by atoms with Crippen molar-refractivity contribution in [1.29, 1.82) is 0 Å². The van der Waals surface area contributed by atoms with Gasteiger partial charge in [0.25, 0.3) is 0 Å². The lowest BCUT2D eigenvalue weighted by molar-refractivity contribution is -0.00254. The van der Waals surface area contributed by atoms with Crippen LogP contribution in [0.15, 0.2) is 4.99 Å². The molecule has 1 aliphatic heterocycles. The van der Waals surface area contributed by atoms with Crippen LogP contribution in [0, 0.1) is 0 Å². The van der Waals surface area contributed by atoms with Gasteiger partial charge < -0.3 is 25.0 Å². The maximum atomic E-state index is 5.50. The Morgan fingerprint density at radius 3 is 2.50 bits per heavy atom. The van der Waals surface area contributed by atoms with Crippen LogP contribution in [0.5, 0.6) is 0 Å². The molecule has 0 aromatic heterocycles. The van der Waals surface area contributed by atoms with E-state index < -0.39 is 0 Å². The fourth-order valence-electron chi connectivity index (χ4n) is 2.49. The molecule has 6 nitrogen and oxygen atoms in total. The van der Waals surface area contributed by atoms with Gasteiger partial charge in [-0.25, -0.2) is 0 Å². The molecular weight excluding hydrogens is 395 g/mol. The molecule has 22 heavy (non-hydrogen) atoms. The van der Waals surface area contributed by atoms with Crippen molar-refractivity contribution in [3.63, 3.8) is 0 Å². The molecule has 2 N–H and O–H groups in total. The molecule has 0 radical (unpaired) electrons. The highest BCUT2D eigenvalue weighted by Gasteiger charge is 2.34. The second kappa shape index (κ2) is 12.3. The van der Waals surface area contributed by atoms with Crippen LogP contribution in [0.25, 0.3) is 0 Å². The zero-order valence-electron chi connectivity index (χ0n) is 14.5. The lowest BCUT2D eigenvalue weighted by Gasteiger charge is -2.41.